The average molecular weight is 283 g/mol. The van der Waals surface area contributed by atoms with E-state index in [1.54, 1.807) is 24.0 Å². The monoisotopic (exact) mass is 282 g/mol. The molecule has 7 heteroatoms. The molecular formula is C12H9ClF2N4. The molecule has 2 aromatic heterocycles. The Bertz CT molecular complexity index is 763. The van der Waals surface area contributed by atoms with Crippen LogP contribution < -0.4 is 0 Å². The lowest BCUT2D eigenvalue weighted by atomic mass is 10.3. The van der Waals surface area contributed by atoms with Crippen LogP contribution in [0.4, 0.5) is 8.78 Å². The van der Waals surface area contributed by atoms with Gasteiger partial charge in [-0.25, -0.2) is 13.8 Å². The van der Waals surface area contributed by atoms with Crippen LogP contribution in [0.5, 0.6) is 0 Å². The van der Waals surface area contributed by atoms with Crippen molar-refractivity contribution in [2.45, 2.75) is 5.88 Å². The normalized spacial score (nSPS) is 11.4. The number of benzene rings is 1. The standard InChI is InChI=1S/C12H9ClF2N4/c1-18-5-4-9(17-18)19-10(6-13)16-8-3-2-7(14)11(15)12(8)19/h2-5H,6H2,1H3. The predicted octanol–water partition coefficient (Wildman–Crippen LogP) is 2.78. The van der Waals surface area contributed by atoms with Gasteiger partial charge in [-0.2, -0.15) is 5.10 Å². The Kier molecular flexibility index (Phi) is 2.74. The fourth-order valence-electron chi connectivity index (χ4n) is 2.01. The number of imidazole rings is 1. The Morgan fingerprint density at radius 1 is 1.26 bits per heavy atom. The SMILES string of the molecule is Cn1ccc(-n2c(CCl)nc3ccc(F)c(F)c32)n1. The quantitative estimate of drug-likeness (QED) is 0.678. The summed E-state index contributed by atoms with van der Waals surface area (Å²) in [5, 5.41) is 4.17. The molecule has 0 atom stereocenters. The topological polar surface area (TPSA) is 35.6 Å². The number of aromatic nitrogens is 4. The number of halogens is 3. The number of alkyl halides is 1. The maximum absolute atomic E-state index is 14.0. The number of hydrogen-bond donors (Lipinski definition) is 0. The fourth-order valence-corrected chi connectivity index (χ4v) is 2.19. The molecule has 0 fully saturated rings. The van der Waals surface area contributed by atoms with E-state index >= 15 is 0 Å². The largest absolute Gasteiger partial charge is 0.275 e. The minimum Gasteiger partial charge on any atom is -0.275 e. The van der Waals surface area contributed by atoms with Crippen LogP contribution in [0.2, 0.25) is 0 Å². The Labute approximate surface area is 112 Å². The van der Waals surface area contributed by atoms with E-state index in [9.17, 15) is 8.78 Å². The van der Waals surface area contributed by atoms with Gasteiger partial charge in [0.15, 0.2) is 17.5 Å². The highest BCUT2D eigenvalue weighted by Crippen LogP contribution is 2.25. The van der Waals surface area contributed by atoms with E-state index in [2.05, 4.69) is 10.1 Å². The maximum Gasteiger partial charge on any atom is 0.185 e. The van der Waals surface area contributed by atoms with Crippen LogP contribution >= 0.6 is 11.6 Å². The number of fused-ring (bicyclic) bond motifs is 1. The van der Waals surface area contributed by atoms with Gasteiger partial charge in [-0.3, -0.25) is 9.25 Å². The molecule has 0 aliphatic heterocycles. The molecule has 0 spiro atoms. The second kappa shape index (κ2) is 4.31. The van der Waals surface area contributed by atoms with Crippen LogP contribution in [0.3, 0.4) is 0 Å². The molecule has 0 bridgehead atoms. The van der Waals surface area contributed by atoms with Gasteiger partial charge in [0.2, 0.25) is 0 Å². The Balaban J connectivity index is 2.41. The zero-order valence-electron chi connectivity index (χ0n) is 9.94. The summed E-state index contributed by atoms with van der Waals surface area (Å²) < 4.78 is 30.4. The molecule has 19 heavy (non-hydrogen) atoms. The molecule has 0 saturated heterocycles. The molecular weight excluding hydrogens is 274 g/mol. The molecule has 0 unspecified atom stereocenters. The van der Waals surface area contributed by atoms with Crippen molar-refractivity contribution in [1.82, 2.24) is 19.3 Å². The molecule has 4 nitrogen and oxygen atoms in total. The number of rotatable bonds is 2. The average Bonchev–Trinajstić information content (AvgIpc) is 2.97. The Hall–Kier alpha value is -1.95. The summed E-state index contributed by atoms with van der Waals surface area (Å²) >= 11 is 5.82. The minimum absolute atomic E-state index is 0.0503. The van der Waals surface area contributed by atoms with Gasteiger partial charge in [-0.15, -0.1) is 11.6 Å². The van der Waals surface area contributed by atoms with Crippen LogP contribution in [-0.2, 0) is 12.9 Å². The summed E-state index contributed by atoms with van der Waals surface area (Å²) in [5.74, 6) is -0.936. The summed E-state index contributed by atoms with van der Waals surface area (Å²) in [7, 11) is 1.74. The Morgan fingerprint density at radius 2 is 2.05 bits per heavy atom. The first kappa shape index (κ1) is 12.1. The van der Waals surface area contributed by atoms with E-state index in [1.165, 1.54) is 10.6 Å². The van der Waals surface area contributed by atoms with Crippen molar-refractivity contribution in [2.75, 3.05) is 0 Å². The van der Waals surface area contributed by atoms with Gasteiger partial charge in [0.05, 0.1) is 11.4 Å². The highest BCUT2D eigenvalue weighted by molar-refractivity contribution is 6.17. The van der Waals surface area contributed by atoms with Gasteiger partial charge in [0, 0.05) is 19.3 Å². The Morgan fingerprint density at radius 3 is 2.68 bits per heavy atom. The molecule has 0 radical (unpaired) electrons. The van der Waals surface area contributed by atoms with Crippen molar-refractivity contribution in [1.29, 1.82) is 0 Å². The van der Waals surface area contributed by atoms with Crippen LogP contribution in [0.15, 0.2) is 24.4 Å². The van der Waals surface area contributed by atoms with E-state index < -0.39 is 11.6 Å². The van der Waals surface area contributed by atoms with Crippen molar-refractivity contribution in [3.63, 3.8) is 0 Å². The molecule has 0 aliphatic carbocycles. The minimum atomic E-state index is -0.952. The summed E-state index contributed by atoms with van der Waals surface area (Å²) in [5.41, 5.74) is 0.398. The van der Waals surface area contributed by atoms with E-state index in [0.717, 1.165) is 6.07 Å². The van der Waals surface area contributed by atoms with Crippen molar-refractivity contribution in [3.05, 3.63) is 41.9 Å². The lowest BCUT2D eigenvalue weighted by Crippen LogP contribution is -2.03. The van der Waals surface area contributed by atoms with Gasteiger partial charge in [-0.05, 0) is 12.1 Å². The van der Waals surface area contributed by atoms with Crippen molar-refractivity contribution < 1.29 is 8.78 Å². The van der Waals surface area contributed by atoms with Gasteiger partial charge in [0.25, 0.3) is 0 Å². The molecule has 98 valence electrons. The fraction of sp³-hybridized carbons (Fsp3) is 0.167. The van der Waals surface area contributed by atoms with Crippen LogP contribution in [0.1, 0.15) is 5.82 Å². The smallest absolute Gasteiger partial charge is 0.185 e. The molecule has 0 saturated carbocycles. The third-order valence-corrected chi connectivity index (χ3v) is 3.07. The molecule has 0 amide bonds. The second-order valence-electron chi connectivity index (χ2n) is 4.07. The molecule has 1 aromatic carbocycles. The molecule has 0 aliphatic rings. The summed E-state index contributed by atoms with van der Waals surface area (Å²) in [6.45, 7) is 0. The first-order chi connectivity index (χ1) is 9.11. The van der Waals surface area contributed by atoms with Crippen LogP contribution in [0.25, 0.3) is 16.9 Å². The van der Waals surface area contributed by atoms with Gasteiger partial charge >= 0.3 is 0 Å². The van der Waals surface area contributed by atoms with Crippen LogP contribution in [-0.4, -0.2) is 19.3 Å². The lowest BCUT2D eigenvalue weighted by molar-refractivity contribution is 0.514. The third-order valence-electron chi connectivity index (χ3n) is 2.83. The third kappa shape index (κ3) is 1.79. The first-order valence-electron chi connectivity index (χ1n) is 5.53. The zero-order valence-corrected chi connectivity index (χ0v) is 10.7. The van der Waals surface area contributed by atoms with E-state index in [1.807, 2.05) is 0 Å². The van der Waals surface area contributed by atoms with Gasteiger partial charge in [0.1, 0.15) is 11.3 Å². The van der Waals surface area contributed by atoms with E-state index in [4.69, 9.17) is 11.6 Å². The highest BCUT2D eigenvalue weighted by atomic mass is 35.5. The maximum atomic E-state index is 14.0. The van der Waals surface area contributed by atoms with Gasteiger partial charge in [-0.1, -0.05) is 0 Å². The van der Waals surface area contributed by atoms with E-state index in [0.29, 0.717) is 17.2 Å². The van der Waals surface area contributed by atoms with E-state index in [-0.39, 0.29) is 11.4 Å². The number of aryl methyl sites for hydroxylation is 1. The first-order valence-corrected chi connectivity index (χ1v) is 6.06. The summed E-state index contributed by atoms with van der Waals surface area (Å²) in [6.07, 6.45) is 1.70. The summed E-state index contributed by atoms with van der Waals surface area (Å²) in [6, 6.07) is 4.15. The molecule has 2 heterocycles. The summed E-state index contributed by atoms with van der Waals surface area (Å²) in [4.78, 5) is 4.19. The number of hydrogen-bond acceptors (Lipinski definition) is 2. The lowest BCUT2D eigenvalue weighted by Gasteiger charge is -2.04. The van der Waals surface area contributed by atoms with Gasteiger partial charge < -0.3 is 0 Å². The van der Waals surface area contributed by atoms with Crippen molar-refractivity contribution in [2.24, 2.45) is 7.05 Å². The van der Waals surface area contributed by atoms with Crippen LogP contribution in [0, 0.1) is 11.6 Å². The predicted molar refractivity (Wildman–Crippen MR) is 67.3 cm³/mol. The zero-order chi connectivity index (χ0) is 13.6. The van der Waals surface area contributed by atoms with Crippen molar-refractivity contribution >= 4 is 22.6 Å². The second-order valence-corrected chi connectivity index (χ2v) is 4.34. The highest BCUT2D eigenvalue weighted by Gasteiger charge is 2.19. The number of nitrogens with zero attached hydrogens (tertiary/aromatic N) is 4. The van der Waals surface area contributed by atoms with Crippen molar-refractivity contribution in [3.8, 4) is 5.82 Å². The molecule has 3 rings (SSSR count). The molecule has 3 aromatic rings. The molecule has 0 N–H and O–H groups in total.